The zero-order valence-electron chi connectivity index (χ0n) is 15.8. The minimum absolute atomic E-state index is 0.160. The first kappa shape index (κ1) is 23.8. The van der Waals surface area contributed by atoms with Crippen LogP contribution in [0.25, 0.3) is 6.08 Å². The Kier molecular flexibility index (Phi) is 8.77. The second-order valence-corrected chi connectivity index (χ2v) is 7.57. The summed E-state index contributed by atoms with van der Waals surface area (Å²) in [5.41, 5.74) is 0.645. The lowest BCUT2D eigenvalue weighted by Gasteiger charge is -2.13. The third-order valence-electron chi connectivity index (χ3n) is 3.69. The summed E-state index contributed by atoms with van der Waals surface area (Å²) in [6, 6.07) is 9.89. The molecule has 2 aromatic carbocycles. The number of carbonyl (C=O) groups excluding carboxylic acids is 2. The minimum Gasteiger partial charge on any atom is -0.493 e. The van der Waals surface area contributed by atoms with Crippen LogP contribution >= 0.6 is 45.8 Å². The minimum atomic E-state index is -0.651. The van der Waals surface area contributed by atoms with Crippen molar-refractivity contribution in [1.82, 2.24) is 0 Å². The molecule has 0 aromatic heterocycles. The van der Waals surface area contributed by atoms with Gasteiger partial charge in [-0.2, -0.15) is 5.26 Å². The van der Waals surface area contributed by atoms with Gasteiger partial charge in [0.25, 0.3) is 5.91 Å². The first-order valence-electron chi connectivity index (χ1n) is 8.25. The number of esters is 1. The van der Waals surface area contributed by atoms with Crippen LogP contribution < -0.4 is 14.8 Å². The first-order chi connectivity index (χ1) is 14.3. The average molecular weight is 561 g/mol. The van der Waals surface area contributed by atoms with Gasteiger partial charge in [0.2, 0.25) is 0 Å². The van der Waals surface area contributed by atoms with Crippen LogP contribution in [-0.2, 0) is 14.3 Å². The van der Waals surface area contributed by atoms with E-state index in [4.69, 9.17) is 32.7 Å². The molecule has 2 rings (SSSR count). The molecule has 2 aromatic rings. The first-order valence-corrected chi connectivity index (χ1v) is 10.1. The Morgan fingerprint density at radius 2 is 2.00 bits per heavy atom. The summed E-state index contributed by atoms with van der Waals surface area (Å²) in [6.45, 7) is -0.287. The van der Waals surface area contributed by atoms with Gasteiger partial charge in [-0.3, -0.25) is 4.79 Å². The Balaban J connectivity index is 2.31. The molecule has 10 heteroatoms. The summed E-state index contributed by atoms with van der Waals surface area (Å²) in [6.07, 6.45) is 1.39. The Morgan fingerprint density at radius 1 is 1.27 bits per heavy atom. The Bertz CT molecular complexity index is 1050. The highest BCUT2D eigenvalue weighted by atomic mass is 127. The van der Waals surface area contributed by atoms with Crippen molar-refractivity contribution in [2.45, 2.75) is 0 Å². The number of hydrogen-bond donors (Lipinski definition) is 1. The number of halogens is 3. The fourth-order valence-electron chi connectivity index (χ4n) is 2.26. The summed E-state index contributed by atoms with van der Waals surface area (Å²) in [5.74, 6) is -0.524. The van der Waals surface area contributed by atoms with Gasteiger partial charge >= 0.3 is 5.97 Å². The highest BCUT2D eigenvalue weighted by molar-refractivity contribution is 14.1. The molecule has 7 nitrogen and oxygen atoms in total. The number of carbonyl (C=O) groups is 2. The molecule has 0 atom stereocenters. The molecule has 156 valence electrons. The molecule has 1 amide bonds. The maximum atomic E-state index is 12.5. The largest absolute Gasteiger partial charge is 0.493 e. The number of hydrogen-bond acceptors (Lipinski definition) is 6. The smallest absolute Gasteiger partial charge is 0.343 e. The zero-order chi connectivity index (χ0) is 22.3. The van der Waals surface area contributed by atoms with Crippen molar-refractivity contribution in [3.05, 3.63) is 55.1 Å². The number of ether oxygens (including phenoxy) is 3. The van der Waals surface area contributed by atoms with Crippen molar-refractivity contribution in [2.75, 3.05) is 26.1 Å². The number of anilines is 1. The van der Waals surface area contributed by atoms with Crippen LogP contribution in [0.1, 0.15) is 5.56 Å². The lowest BCUT2D eigenvalue weighted by molar-refractivity contribution is -0.142. The number of nitrogens with zero attached hydrogens (tertiary/aromatic N) is 1. The van der Waals surface area contributed by atoms with Crippen molar-refractivity contribution >= 4 is 69.4 Å². The van der Waals surface area contributed by atoms with E-state index in [1.807, 2.05) is 28.7 Å². The topological polar surface area (TPSA) is 97.7 Å². The molecule has 0 aliphatic carbocycles. The Labute approximate surface area is 196 Å². The number of amides is 1. The van der Waals surface area contributed by atoms with E-state index in [0.717, 1.165) is 0 Å². The zero-order valence-corrected chi connectivity index (χ0v) is 19.5. The SMILES string of the molecule is COC(=O)COc1c(I)cc(/C=C(/C#N)C(=O)Nc2cccc(Cl)c2Cl)cc1OC. The van der Waals surface area contributed by atoms with Gasteiger partial charge < -0.3 is 19.5 Å². The summed E-state index contributed by atoms with van der Waals surface area (Å²) in [4.78, 5) is 23.8. The van der Waals surface area contributed by atoms with Gasteiger partial charge in [0, 0.05) is 0 Å². The molecule has 30 heavy (non-hydrogen) atoms. The molecule has 0 bridgehead atoms. The van der Waals surface area contributed by atoms with Gasteiger partial charge in [-0.05, 0) is 58.5 Å². The van der Waals surface area contributed by atoms with Crippen molar-refractivity contribution in [2.24, 2.45) is 0 Å². The van der Waals surface area contributed by atoms with Crippen LogP contribution in [0.3, 0.4) is 0 Å². The second-order valence-electron chi connectivity index (χ2n) is 5.62. The number of nitrogens with one attached hydrogen (secondary N) is 1. The molecule has 0 heterocycles. The van der Waals surface area contributed by atoms with Crippen LogP contribution in [-0.4, -0.2) is 32.7 Å². The third-order valence-corrected chi connectivity index (χ3v) is 5.31. The van der Waals surface area contributed by atoms with E-state index in [9.17, 15) is 14.9 Å². The fraction of sp³-hybridized carbons (Fsp3) is 0.150. The van der Waals surface area contributed by atoms with Gasteiger partial charge in [-0.15, -0.1) is 0 Å². The van der Waals surface area contributed by atoms with Gasteiger partial charge in [0.15, 0.2) is 18.1 Å². The van der Waals surface area contributed by atoms with Crippen LogP contribution in [0.2, 0.25) is 10.0 Å². The van der Waals surface area contributed by atoms with E-state index in [-0.39, 0.29) is 27.9 Å². The van der Waals surface area contributed by atoms with Crippen LogP contribution in [0.4, 0.5) is 5.69 Å². The normalized spacial score (nSPS) is 10.7. The lowest BCUT2D eigenvalue weighted by atomic mass is 10.1. The predicted molar refractivity (Wildman–Crippen MR) is 122 cm³/mol. The molecule has 0 radical (unpaired) electrons. The predicted octanol–water partition coefficient (Wildman–Crippen LogP) is 4.70. The van der Waals surface area contributed by atoms with Crippen molar-refractivity contribution < 1.29 is 23.8 Å². The van der Waals surface area contributed by atoms with Crippen molar-refractivity contribution in [1.29, 1.82) is 5.26 Å². The highest BCUT2D eigenvalue weighted by Crippen LogP contribution is 2.35. The van der Waals surface area contributed by atoms with Crippen LogP contribution in [0.5, 0.6) is 11.5 Å². The molecular weight excluding hydrogens is 546 g/mol. The lowest BCUT2D eigenvalue weighted by Crippen LogP contribution is -2.14. The molecule has 0 spiro atoms. The van der Waals surface area contributed by atoms with E-state index in [0.29, 0.717) is 20.6 Å². The Hall–Kier alpha value is -2.48. The summed E-state index contributed by atoms with van der Waals surface area (Å²) in [5, 5.41) is 12.4. The number of methoxy groups -OCH3 is 2. The summed E-state index contributed by atoms with van der Waals surface area (Å²) < 4.78 is 15.9. The number of rotatable bonds is 7. The summed E-state index contributed by atoms with van der Waals surface area (Å²) >= 11 is 14.0. The average Bonchev–Trinajstić information content (AvgIpc) is 2.73. The molecule has 1 N–H and O–H groups in total. The maximum absolute atomic E-state index is 12.5. The van der Waals surface area contributed by atoms with E-state index < -0.39 is 11.9 Å². The van der Waals surface area contributed by atoms with E-state index in [1.54, 1.807) is 30.3 Å². The monoisotopic (exact) mass is 560 g/mol. The molecule has 0 aliphatic rings. The van der Waals surface area contributed by atoms with Gasteiger partial charge in [0.05, 0.1) is 33.5 Å². The quantitative estimate of drug-likeness (QED) is 0.228. The van der Waals surface area contributed by atoms with Crippen molar-refractivity contribution in [3.63, 3.8) is 0 Å². The second kappa shape index (κ2) is 11.1. The van der Waals surface area contributed by atoms with E-state index in [1.165, 1.54) is 20.3 Å². The van der Waals surface area contributed by atoms with E-state index in [2.05, 4.69) is 10.1 Å². The fourth-order valence-corrected chi connectivity index (χ4v) is 3.39. The highest BCUT2D eigenvalue weighted by Gasteiger charge is 2.16. The third kappa shape index (κ3) is 6.01. The number of benzene rings is 2. The molecule has 0 saturated carbocycles. The molecule has 0 fully saturated rings. The Morgan fingerprint density at radius 3 is 2.63 bits per heavy atom. The summed E-state index contributed by atoms with van der Waals surface area (Å²) in [7, 11) is 2.69. The maximum Gasteiger partial charge on any atom is 0.343 e. The van der Waals surface area contributed by atoms with Gasteiger partial charge in [-0.1, -0.05) is 29.3 Å². The molecular formula is C20H15Cl2IN2O5. The van der Waals surface area contributed by atoms with Crippen LogP contribution in [0.15, 0.2) is 35.9 Å². The molecule has 0 unspecified atom stereocenters. The molecule has 0 saturated heterocycles. The van der Waals surface area contributed by atoms with E-state index >= 15 is 0 Å². The van der Waals surface area contributed by atoms with Gasteiger partial charge in [-0.25, -0.2) is 4.79 Å². The van der Waals surface area contributed by atoms with Crippen molar-refractivity contribution in [3.8, 4) is 17.6 Å². The van der Waals surface area contributed by atoms with Gasteiger partial charge in [0.1, 0.15) is 11.6 Å². The van der Waals surface area contributed by atoms with Crippen LogP contribution in [0, 0.1) is 14.9 Å². The number of nitriles is 1. The standard InChI is InChI=1S/C20H15Cl2IN2O5/c1-28-16-8-11(7-14(23)19(16)30-10-17(26)29-2)6-12(9-24)20(27)25-15-5-3-4-13(21)18(15)22/h3-8H,10H2,1-2H3,(H,25,27)/b12-6-. The molecule has 0 aliphatic heterocycles.